The van der Waals surface area contributed by atoms with Crippen molar-refractivity contribution in [2.45, 2.75) is 13.8 Å². The van der Waals surface area contributed by atoms with Crippen LogP contribution in [-0.2, 0) is 0 Å². The van der Waals surface area contributed by atoms with Crippen molar-refractivity contribution in [1.29, 1.82) is 0 Å². The highest BCUT2D eigenvalue weighted by atomic mass is 16.1. The zero-order valence-corrected chi connectivity index (χ0v) is 10.7. The van der Waals surface area contributed by atoms with Crippen LogP contribution in [0.25, 0.3) is 10.9 Å². The predicted octanol–water partition coefficient (Wildman–Crippen LogP) is 2.76. The fourth-order valence-corrected chi connectivity index (χ4v) is 2.21. The molecule has 0 saturated heterocycles. The first-order valence-electron chi connectivity index (χ1n) is 6.05. The highest BCUT2D eigenvalue weighted by Crippen LogP contribution is 2.19. The maximum atomic E-state index is 12.2. The van der Waals surface area contributed by atoms with Gasteiger partial charge in [-0.25, -0.2) is 0 Å². The minimum Gasteiger partial charge on any atom is -0.361 e. The summed E-state index contributed by atoms with van der Waals surface area (Å²) in [5.74, 6) is -0.140. The summed E-state index contributed by atoms with van der Waals surface area (Å²) in [4.78, 5) is 15.3. The standard InChI is InChI=1S/C14H14N4O/c1-8-13(9(2)18-17-8)14(19)16-11-3-4-12-10(7-11)5-6-15-12/h3-7,15H,1-2H3,(H,16,19)(H,17,18). The second-order valence-electron chi connectivity index (χ2n) is 4.54. The SMILES string of the molecule is Cc1n[nH]c(C)c1C(=O)Nc1ccc2[nH]ccc2c1. The first-order valence-corrected chi connectivity index (χ1v) is 6.05. The maximum absolute atomic E-state index is 12.2. The lowest BCUT2D eigenvalue weighted by Gasteiger charge is -2.05. The van der Waals surface area contributed by atoms with Crippen LogP contribution in [-0.4, -0.2) is 21.1 Å². The Morgan fingerprint density at radius 3 is 2.84 bits per heavy atom. The van der Waals surface area contributed by atoms with Crippen LogP contribution >= 0.6 is 0 Å². The van der Waals surface area contributed by atoms with Crippen LogP contribution < -0.4 is 5.32 Å². The molecule has 2 heterocycles. The number of anilines is 1. The molecule has 0 unspecified atom stereocenters. The van der Waals surface area contributed by atoms with Crippen LogP contribution in [0.1, 0.15) is 21.7 Å². The third-order valence-corrected chi connectivity index (χ3v) is 3.17. The summed E-state index contributed by atoms with van der Waals surface area (Å²) in [6.45, 7) is 3.65. The molecule has 19 heavy (non-hydrogen) atoms. The van der Waals surface area contributed by atoms with Crippen molar-refractivity contribution in [1.82, 2.24) is 15.2 Å². The number of H-pyrrole nitrogens is 2. The molecule has 0 spiro atoms. The van der Waals surface area contributed by atoms with Gasteiger partial charge in [-0.1, -0.05) is 0 Å². The molecule has 3 rings (SSSR count). The van der Waals surface area contributed by atoms with Crippen molar-refractivity contribution in [2.75, 3.05) is 5.32 Å². The topological polar surface area (TPSA) is 73.6 Å². The average Bonchev–Trinajstić information content (AvgIpc) is 2.95. The Labute approximate surface area is 110 Å². The number of aromatic amines is 2. The molecule has 0 aliphatic carbocycles. The molecule has 3 aromatic rings. The molecule has 2 aromatic heterocycles. The summed E-state index contributed by atoms with van der Waals surface area (Å²) < 4.78 is 0. The molecule has 1 amide bonds. The second-order valence-corrected chi connectivity index (χ2v) is 4.54. The highest BCUT2D eigenvalue weighted by Gasteiger charge is 2.15. The number of nitrogens with one attached hydrogen (secondary N) is 3. The van der Waals surface area contributed by atoms with Gasteiger partial charge in [-0.05, 0) is 38.1 Å². The lowest BCUT2D eigenvalue weighted by molar-refractivity contribution is 0.102. The number of hydrogen-bond donors (Lipinski definition) is 3. The number of carbonyl (C=O) groups is 1. The Morgan fingerprint density at radius 2 is 2.11 bits per heavy atom. The predicted molar refractivity (Wildman–Crippen MR) is 74.3 cm³/mol. The Balaban J connectivity index is 1.90. The van der Waals surface area contributed by atoms with Crippen LogP contribution in [0.5, 0.6) is 0 Å². The van der Waals surface area contributed by atoms with Gasteiger partial charge < -0.3 is 10.3 Å². The van der Waals surface area contributed by atoms with Crippen LogP contribution in [0.4, 0.5) is 5.69 Å². The second kappa shape index (κ2) is 4.28. The summed E-state index contributed by atoms with van der Waals surface area (Å²) in [7, 11) is 0. The molecular weight excluding hydrogens is 240 g/mol. The van der Waals surface area contributed by atoms with E-state index < -0.39 is 0 Å². The number of amides is 1. The van der Waals surface area contributed by atoms with Crippen molar-refractivity contribution in [3.05, 3.63) is 47.4 Å². The van der Waals surface area contributed by atoms with Gasteiger partial charge >= 0.3 is 0 Å². The lowest BCUT2D eigenvalue weighted by Crippen LogP contribution is -2.13. The number of nitrogens with zero attached hydrogens (tertiary/aromatic N) is 1. The van der Waals surface area contributed by atoms with Gasteiger partial charge in [0.15, 0.2) is 0 Å². The number of aromatic nitrogens is 3. The van der Waals surface area contributed by atoms with Crippen LogP contribution in [0.3, 0.4) is 0 Å². The summed E-state index contributed by atoms with van der Waals surface area (Å²) in [5, 5.41) is 10.8. The van der Waals surface area contributed by atoms with E-state index in [0.29, 0.717) is 11.3 Å². The van der Waals surface area contributed by atoms with E-state index in [2.05, 4.69) is 20.5 Å². The summed E-state index contributed by atoms with van der Waals surface area (Å²) >= 11 is 0. The number of benzene rings is 1. The molecule has 0 fully saturated rings. The van der Waals surface area contributed by atoms with Gasteiger partial charge in [0.05, 0.1) is 11.3 Å². The van der Waals surface area contributed by atoms with E-state index in [9.17, 15) is 4.79 Å². The summed E-state index contributed by atoms with van der Waals surface area (Å²) in [6, 6.07) is 7.73. The lowest BCUT2D eigenvalue weighted by atomic mass is 10.1. The van der Waals surface area contributed by atoms with Gasteiger partial charge in [0.1, 0.15) is 0 Å². The zero-order chi connectivity index (χ0) is 13.4. The minimum atomic E-state index is -0.140. The highest BCUT2D eigenvalue weighted by molar-refractivity contribution is 6.06. The Hall–Kier alpha value is -2.56. The molecule has 0 aliphatic heterocycles. The van der Waals surface area contributed by atoms with Gasteiger partial charge in [-0.2, -0.15) is 5.10 Å². The van der Waals surface area contributed by atoms with Crippen molar-refractivity contribution < 1.29 is 4.79 Å². The van der Waals surface area contributed by atoms with Gasteiger partial charge in [0, 0.05) is 28.5 Å². The Morgan fingerprint density at radius 1 is 1.26 bits per heavy atom. The largest absolute Gasteiger partial charge is 0.361 e. The molecule has 3 N–H and O–H groups in total. The molecule has 0 saturated carbocycles. The van der Waals surface area contributed by atoms with Gasteiger partial charge in [-0.15, -0.1) is 0 Å². The van der Waals surface area contributed by atoms with E-state index in [1.165, 1.54) is 0 Å². The molecule has 0 radical (unpaired) electrons. The van der Waals surface area contributed by atoms with Gasteiger partial charge in [0.2, 0.25) is 0 Å². The third-order valence-electron chi connectivity index (χ3n) is 3.17. The van der Waals surface area contributed by atoms with Crippen molar-refractivity contribution in [2.24, 2.45) is 0 Å². The molecule has 5 nitrogen and oxygen atoms in total. The van der Waals surface area contributed by atoms with Gasteiger partial charge in [-0.3, -0.25) is 9.89 Å². The molecule has 0 bridgehead atoms. The van der Waals surface area contributed by atoms with E-state index in [1.807, 2.05) is 44.3 Å². The molecular formula is C14H14N4O. The van der Waals surface area contributed by atoms with E-state index in [-0.39, 0.29) is 5.91 Å². The minimum absolute atomic E-state index is 0.140. The summed E-state index contributed by atoms with van der Waals surface area (Å²) in [6.07, 6.45) is 1.88. The third kappa shape index (κ3) is 1.99. The summed E-state index contributed by atoms with van der Waals surface area (Å²) in [5.41, 5.74) is 3.91. The van der Waals surface area contributed by atoms with Crippen LogP contribution in [0.15, 0.2) is 30.5 Å². The van der Waals surface area contributed by atoms with E-state index >= 15 is 0 Å². The monoisotopic (exact) mass is 254 g/mol. The first-order chi connectivity index (χ1) is 9.15. The maximum Gasteiger partial charge on any atom is 0.259 e. The Bertz CT molecular complexity index is 734. The fourth-order valence-electron chi connectivity index (χ4n) is 2.21. The van der Waals surface area contributed by atoms with Crippen molar-refractivity contribution >= 4 is 22.5 Å². The quantitative estimate of drug-likeness (QED) is 0.658. The first kappa shape index (κ1) is 11.5. The van der Waals surface area contributed by atoms with Crippen molar-refractivity contribution in [3.8, 4) is 0 Å². The normalized spacial score (nSPS) is 10.8. The fraction of sp³-hybridized carbons (Fsp3) is 0.143. The molecule has 96 valence electrons. The molecule has 5 heteroatoms. The number of carbonyl (C=O) groups excluding carboxylic acids is 1. The number of aryl methyl sites for hydroxylation is 2. The smallest absolute Gasteiger partial charge is 0.259 e. The zero-order valence-electron chi connectivity index (χ0n) is 10.7. The van der Waals surface area contributed by atoms with Crippen LogP contribution in [0, 0.1) is 13.8 Å². The Kier molecular flexibility index (Phi) is 2.59. The van der Waals surface area contributed by atoms with Gasteiger partial charge in [0.25, 0.3) is 5.91 Å². The van der Waals surface area contributed by atoms with Crippen LogP contribution in [0.2, 0.25) is 0 Å². The average molecular weight is 254 g/mol. The van der Waals surface area contributed by atoms with E-state index in [0.717, 1.165) is 22.3 Å². The molecule has 0 atom stereocenters. The number of fused-ring (bicyclic) bond motifs is 1. The molecule has 1 aromatic carbocycles. The number of hydrogen-bond acceptors (Lipinski definition) is 2. The van der Waals surface area contributed by atoms with E-state index in [1.54, 1.807) is 0 Å². The van der Waals surface area contributed by atoms with E-state index in [4.69, 9.17) is 0 Å². The number of rotatable bonds is 2. The van der Waals surface area contributed by atoms with Crippen molar-refractivity contribution in [3.63, 3.8) is 0 Å². The molecule has 0 aliphatic rings.